The molecule has 5 nitrogen and oxygen atoms in total. The zero-order valence-electron chi connectivity index (χ0n) is 14.2. The zero-order valence-corrected chi connectivity index (χ0v) is 15.8. The van der Waals surface area contributed by atoms with Crippen molar-refractivity contribution >= 4 is 21.8 Å². The fraction of sp³-hybridized carbons (Fsp3) is 0.278. The fourth-order valence-electron chi connectivity index (χ4n) is 2.39. The van der Waals surface area contributed by atoms with Crippen LogP contribution in [0.25, 0.3) is 0 Å². The van der Waals surface area contributed by atoms with Gasteiger partial charge < -0.3 is 19.5 Å². The molecular weight excluding hydrogens is 393 g/mol. The van der Waals surface area contributed by atoms with Gasteiger partial charge in [-0.2, -0.15) is 0 Å². The van der Waals surface area contributed by atoms with E-state index in [1.54, 1.807) is 39.5 Å². The van der Waals surface area contributed by atoms with E-state index >= 15 is 0 Å². The maximum Gasteiger partial charge on any atom is 0.254 e. The van der Waals surface area contributed by atoms with Gasteiger partial charge in [0.25, 0.3) is 5.91 Å². The highest BCUT2D eigenvalue weighted by molar-refractivity contribution is 9.10. The van der Waals surface area contributed by atoms with Gasteiger partial charge in [0.1, 0.15) is 23.1 Å². The minimum Gasteiger partial charge on any atom is -0.496 e. The zero-order chi connectivity index (χ0) is 18.4. The molecule has 2 aromatic carbocycles. The third kappa shape index (κ3) is 4.63. The van der Waals surface area contributed by atoms with Crippen molar-refractivity contribution < 1.29 is 23.4 Å². The Hall–Kier alpha value is -2.28. The number of ether oxygens (including phenoxy) is 3. The van der Waals surface area contributed by atoms with Crippen LogP contribution >= 0.6 is 15.9 Å². The molecular formula is C18H19BrFNO4. The Bertz CT molecular complexity index is 742. The van der Waals surface area contributed by atoms with Gasteiger partial charge in [-0.3, -0.25) is 4.79 Å². The van der Waals surface area contributed by atoms with Crippen LogP contribution in [0.15, 0.2) is 34.8 Å². The molecule has 7 heteroatoms. The van der Waals surface area contributed by atoms with E-state index < -0.39 is 11.7 Å². The van der Waals surface area contributed by atoms with Crippen molar-refractivity contribution in [2.24, 2.45) is 0 Å². The predicted molar refractivity (Wildman–Crippen MR) is 96.2 cm³/mol. The van der Waals surface area contributed by atoms with Crippen LogP contribution in [0, 0.1) is 5.82 Å². The number of carbonyl (C=O) groups excluding carboxylic acids is 1. The number of hydrogen-bond acceptors (Lipinski definition) is 4. The molecule has 0 radical (unpaired) electrons. The molecule has 0 aromatic heterocycles. The van der Waals surface area contributed by atoms with Crippen LogP contribution in [0.5, 0.6) is 17.2 Å². The molecule has 0 fully saturated rings. The van der Waals surface area contributed by atoms with Crippen LogP contribution in [0.3, 0.4) is 0 Å². The average Bonchev–Trinajstić information content (AvgIpc) is 2.61. The third-order valence-electron chi connectivity index (χ3n) is 3.65. The third-order valence-corrected chi connectivity index (χ3v) is 4.15. The van der Waals surface area contributed by atoms with Crippen molar-refractivity contribution in [1.29, 1.82) is 0 Å². The van der Waals surface area contributed by atoms with Gasteiger partial charge in [0.05, 0.1) is 26.9 Å². The van der Waals surface area contributed by atoms with E-state index in [2.05, 4.69) is 21.2 Å². The Kier molecular flexibility index (Phi) is 6.64. The summed E-state index contributed by atoms with van der Waals surface area (Å²) in [5, 5.41) is 2.70. The number of hydrogen-bond donors (Lipinski definition) is 1. The van der Waals surface area contributed by atoms with Crippen LogP contribution in [-0.4, -0.2) is 33.8 Å². The second kappa shape index (κ2) is 8.71. The van der Waals surface area contributed by atoms with Gasteiger partial charge in [-0.25, -0.2) is 4.39 Å². The molecule has 0 spiro atoms. The highest BCUT2D eigenvalue weighted by atomic mass is 79.9. The van der Waals surface area contributed by atoms with Crippen LogP contribution in [0.2, 0.25) is 0 Å². The van der Waals surface area contributed by atoms with Gasteiger partial charge in [-0.05, 0) is 24.6 Å². The van der Waals surface area contributed by atoms with Crippen LogP contribution < -0.4 is 19.5 Å². The Morgan fingerprint density at radius 1 is 1.08 bits per heavy atom. The standard InChI is InChI=1S/C18H19BrFNO4/c1-23-12-9-16(24-2)14(17(10-12)25-3)6-7-21-18(22)13-5-4-11(19)8-15(13)20/h4-5,8-10H,6-7H2,1-3H3,(H,21,22). The first-order valence-electron chi connectivity index (χ1n) is 7.52. The van der Waals surface area contributed by atoms with E-state index in [1.807, 2.05) is 0 Å². The lowest BCUT2D eigenvalue weighted by atomic mass is 10.1. The Labute approximate surface area is 154 Å². The van der Waals surface area contributed by atoms with E-state index in [1.165, 1.54) is 12.1 Å². The SMILES string of the molecule is COc1cc(OC)c(CCNC(=O)c2ccc(Br)cc2F)c(OC)c1. The van der Waals surface area contributed by atoms with Gasteiger partial charge in [-0.1, -0.05) is 15.9 Å². The Morgan fingerprint density at radius 3 is 2.24 bits per heavy atom. The molecule has 0 saturated heterocycles. The predicted octanol–water partition coefficient (Wildman–Crippen LogP) is 3.59. The maximum absolute atomic E-state index is 13.8. The smallest absolute Gasteiger partial charge is 0.254 e. The van der Waals surface area contributed by atoms with Crippen molar-refractivity contribution in [1.82, 2.24) is 5.32 Å². The summed E-state index contributed by atoms with van der Waals surface area (Å²) in [6.07, 6.45) is 0.459. The summed E-state index contributed by atoms with van der Waals surface area (Å²) in [5.74, 6) is 0.752. The number of nitrogens with one attached hydrogen (secondary N) is 1. The highest BCUT2D eigenvalue weighted by Gasteiger charge is 2.15. The quantitative estimate of drug-likeness (QED) is 0.756. The molecule has 0 saturated carbocycles. The van der Waals surface area contributed by atoms with Gasteiger partial charge in [0, 0.05) is 28.7 Å². The molecule has 25 heavy (non-hydrogen) atoms. The molecule has 134 valence electrons. The van der Waals surface area contributed by atoms with Gasteiger partial charge >= 0.3 is 0 Å². The summed E-state index contributed by atoms with van der Waals surface area (Å²) in [4.78, 5) is 12.1. The molecule has 1 amide bonds. The molecule has 0 aliphatic rings. The average molecular weight is 412 g/mol. The van der Waals surface area contributed by atoms with Crippen molar-refractivity contribution in [3.05, 3.63) is 51.7 Å². The van der Waals surface area contributed by atoms with Gasteiger partial charge in [0.15, 0.2) is 0 Å². The number of methoxy groups -OCH3 is 3. The minimum absolute atomic E-state index is 0.00291. The normalized spacial score (nSPS) is 10.3. The molecule has 0 unspecified atom stereocenters. The van der Waals surface area contributed by atoms with E-state index in [9.17, 15) is 9.18 Å². The largest absolute Gasteiger partial charge is 0.496 e. The summed E-state index contributed by atoms with van der Waals surface area (Å²) < 4.78 is 30.3. The minimum atomic E-state index is -0.577. The van der Waals surface area contributed by atoms with Crippen molar-refractivity contribution in [2.75, 3.05) is 27.9 Å². The topological polar surface area (TPSA) is 56.8 Å². The van der Waals surface area contributed by atoms with E-state index in [0.717, 1.165) is 5.56 Å². The lowest BCUT2D eigenvalue weighted by Crippen LogP contribution is -2.26. The maximum atomic E-state index is 13.8. The van der Waals surface area contributed by atoms with Gasteiger partial charge in [-0.15, -0.1) is 0 Å². The summed E-state index contributed by atoms with van der Waals surface area (Å²) in [5.41, 5.74) is 0.791. The van der Waals surface area contributed by atoms with E-state index in [4.69, 9.17) is 14.2 Å². The molecule has 0 aliphatic carbocycles. The first-order chi connectivity index (χ1) is 12.0. The monoisotopic (exact) mass is 411 g/mol. The lowest BCUT2D eigenvalue weighted by Gasteiger charge is -2.15. The van der Waals surface area contributed by atoms with Crippen molar-refractivity contribution in [3.8, 4) is 17.2 Å². The number of rotatable bonds is 7. The van der Waals surface area contributed by atoms with Crippen LogP contribution in [-0.2, 0) is 6.42 Å². The summed E-state index contributed by atoms with van der Waals surface area (Å²) in [7, 11) is 4.65. The second-order valence-electron chi connectivity index (χ2n) is 5.14. The summed E-state index contributed by atoms with van der Waals surface area (Å²) in [6.45, 7) is 0.299. The van der Waals surface area contributed by atoms with Crippen LogP contribution in [0.4, 0.5) is 4.39 Å². The molecule has 1 N–H and O–H groups in total. The van der Waals surface area contributed by atoms with E-state index in [-0.39, 0.29) is 5.56 Å². The second-order valence-corrected chi connectivity index (χ2v) is 6.06. The number of carbonyl (C=O) groups is 1. The highest BCUT2D eigenvalue weighted by Crippen LogP contribution is 2.34. The molecule has 0 heterocycles. The molecule has 0 atom stereocenters. The molecule has 0 aliphatic heterocycles. The number of benzene rings is 2. The van der Waals surface area contributed by atoms with Crippen molar-refractivity contribution in [3.63, 3.8) is 0 Å². The van der Waals surface area contributed by atoms with Crippen LogP contribution in [0.1, 0.15) is 15.9 Å². The summed E-state index contributed by atoms with van der Waals surface area (Å²) >= 11 is 3.16. The van der Waals surface area contributed by atoms with E-state index in [0.29, 0.717) is 34.7 Å². The Morgan fingerprint density at radius 2 is 1.72 bits per heavy atom. The summed E-state index contributed by atoms with van der Waals surface area (Å²) in [6, 6.07) is 7.80. The fourth-order valence-corrected chi connectivity index (χ4v) is 2.73. The molecule has 2 rings (SSSR count). The first-order valence-corrected chi connectivity index (χ1v) is 8.31. The Balaban J connectivity index is 2.09. The number of halogens is 2. The lowest BCUT2D eigenvalue weighted by molar-refractivity contribution is 0.0950. The van der Waals surface area contributed by atoms with Gasteiger partial charge in [0.2, 0.25) is 0 Å². The number of amides is 1. The molecule has 2 aromatic rings. The molecule has 0 bridgehead atoms. The van der Waals surface area contributed by atoms with Crippen molar-refractivity contribution in [2.45, 2.75) is 6.42 Å². The first kappa shape index (κ1) is 19.1.